The fraction of sp³-hybridized carbons (Fsp3) is 0.417. The molecule has 2 atom stereocenters. The van der Waals surface area contributed by atoms with Crippen LogP contribution in [0.4, 0.5) is 10.1 Å². The molecule has 33 heavy (non-hydrogen) atoms. The van der Waals surface area contributed by atoms with Crippen molar-refractivity contribution in [2.24, 2.45) is 0 Å². The Morgan fingerprint density at radius 2 is 1.61 bits per heavy atom. The van der Waals surface area contributed by atoms with Crippen LogP contribution < -0.4 is 9.62 Å². The van der Waals surface area contributed by atoms with Gasteiger partial charge in [-0.1, -0.05) is 44.2 Å². The highest BCUT2D eigenvalue weighted by atomic mass is 32.2. The molecule has 7 nitrogen and oxygen atoms in total. The Labute approximate surface area is 195 Å². The first-order valence-electron chi connectivity index (χ1n) is 10.9. The number of anilines is 1. The molecule has 1 N–H and O–H groups in total. The van der Waals surface area contributed by atoms with Crippen molar-refractivity contribution in [1.29, 1.82) is 0 Å². The second kappa shape index (κ2) is 11.8. The summed E-state index contributed by atoms with van der Waals surface area (Å²) in [5, 5.41) is 2.90. The molecule has 2 aromatic rings. The van der Waals surface area contributed by atoms with Crippen LogP contribution in [0.1, 0.15) is 39.2 Å². The third-order valence-corrected chi connectivity index (χ3v) is 6.52. The van der Waals surface area contributed by atoms with E-state index in [4.69, 9.17) is 0 Å². The number of para-hydroxylation sites is 1. The van der Waals surface area contributed by atoms with E-state index in [2.05, 4.69) is 5.32 Å². The molecular weight excluding hydrogens is 445 g/mol. The first kappa shape index (κ1) is 26.3. The standard InChI is InChI=1S/C24H32FN3O4S/c1-5-18(3)26-24(30)22(6-2)27(16-19-12-14-20(25)15-13-19)23(29)17-28(33(4,31)32)21-10-8-7-9-11-21/h7-15,18,22H,5-6,16-17H2,1-4H3,(H,26,30)/t18-,22+/m1/s1. The lowest BCUT2D eigenvalue weighted by Gasteiger charge is -2.33. The van der Waals surface area contributed by atoms with Crippen molar-refractivity contribution in [1.82, 2.24) is 10.2 Å². The summed E-state index contributed by atoms with van der Waals surface area (Å²) in [6.45, 7) is 5.18. The topological polar surface area (TPSA) is 86.8 Å². The van der Waals surface area contributed by atoms with E-state index in [0.29, 0.717) is 17.7 Å². The molecule has 2 aromatic carbocycles. The Bertz CT molecular complexity index is 1030. The van der Waals surface area contributed by atoms with Crippen molar-refractivity contribution in [3.8, 4) is 0 Å². The third kappa shape index (κ3) is 7.56. The highest BCUT2D eigenvalue weighted by Gasteiger charge is 2.32. The van der Waals surface area contributed by atoms with Gasteiger partial charge >= 0.3 is 0 Å². The average Bonchev–Trinajstić information content (AvgIpc) is 2.78. The Balaban J connectivity index is 2.40. The Morgan fingerprint density at radius 1 is 1.00 bits per heavy atom. The largest absolute Gasteiger partial charge is 0.352 e. The van der Waals surface area contributed by atoms with Crippen LogP contribution in [-0.2, 0) is 26.2 Å². The summed E-state index contributed by atoms with van der Waals surface area (Å²) in [6.07, 6.45) is 2.09. The lowest BCUT2D eigenvalue weighted by Crippen LogP contribution is -2.53. The van der Waals surface area contributed by atoms with Crippen molar-refractivity contribution in [3.05, 3.63) is 66.0 Å². The summed E-state index contributed by atoms with van der Waals surface area (Å²) in [4.78, 5) is 27.8. The number of nitrogens with one attached hydrogen (secondary N) is 1. The van der Waals surface area contributed by atoms with Gasteiger partial charge in [0.15, 0.2) is 0 Å². The maximum absolute atomic E-state index is 13.5. The summed E-state index contributed by atoms with van der Waals surface area (Å²) in [6, 6.07) is 13.1. The number of hydrogen-bond donors (Lipinski definition) is 1. The number of halogens is 1. The number of carbonyl (C=O) groups excluding carboxylic acids is 2. The zero-order chi connectivity index (χ0) is 24.6. The smallest absolute Gasteiger partial charge is 0.244 e. The van der Waals surface area contributed by atoms with Gasteiger partial charge in [0.1, 0.15) is 18.4 Å². The third-order valence-electron chi connectivity index (χ3n) is 5.38. The number of carbonyl (C=O) groups is 2. The monoisotopic (exact) mass is 477 g/mol. The van der Waals surface area contributed by atoms with Crippen molar-refractivity contribution in [2.45, 2.75) is 52.2 Å². The van der Waals surface area contributed by atoms with E-state index in [0.717, 1.165) is 17.0 Å². The molecule has 0 saturated heterocycles. The van der Waals surface area contributed by atoms with Crippen LogP contribution in [0.2, 0.25) is 0 Å². The van der Waals surface area contributed by atoms with E-state index in [9.17, 15) is 22.4 Å². The molecule has 0 aliphatic rings. The number of amides is 2. The van der Waals surface area contributed by atoms with Gasteiger partial charge in [-0.2, -0.15) is 0 Å². The molecule has 0 aromatic heterocycles. The molecule has 0 fully saturated rings. The maximum Gasteiger partial charge on any atom is 0.244 e. The van der Waals surface area contributed by atoms with Gasteiger partial charge in [0, 0.05) is 12.6 Å². The highest BCUT2D eigenvalue weighted by molar-refractivity contribution is 7.92. The van der Waals surface area contributed by atoms with Crippen molar-refractivity contribution >= 4 is 27.5 Å². The number of benzene rings is 2. The molecule has 0 unspecified atom stereocenters. The maximum atomic E-state index is 13.5. The summed E-state index contributed by atoms with van der Waals surface area (Å²) in [7, 11) is -3.76. The minimum Gasteiger partial charge on any atom is -0.352 e. The molecule has 0 radical (unpaired) electrons. The second-order valence-corrected chi connectivity index (χ2v) is 9.90. The van der Waals surface area contributed by atoms with E-state index >= 15 is 0 Å². The minimum absolute atomic E-state index is 0.0396. The lowest BCUT2D eigenvalue weighted by molar-refractivity contribution is -0.140. The summed E-state index contributed by atoms with van der Waals surface area (Å²) in [5.41, 5.74) is 0.984. The first-order chi connectivity index (χ1) is 15.6. The molecule has 180 valence electrons. The quantitative estimate of drug-likeness (QED) is 0.538. The van der Waals surface area contributed by atoms with Gasteiger partial charge in [-0.3, -0.25) is 13.9 Å². The Kier molecular flexibility index (Phi) is 9.40. The van der Waals surface area contributed by atoms with Crippen LogP contribution in [0, 0.1) is 5.82 Å². The number of nitrogens with zero attached hydrogens (tertiary/aromatic N) is 2. The summed E-state index contributed by atoms with van der Waals surface area (Å²) in [5.74, 6) is -1.25. The van der Waals surface area contributed by atoms with E-state index in [-0.39, 0.29) is 18.5 Å². The van der Waals surface area contributed by atoms with Gasteiger partial charge in [0.2, 0.25) is 21.8 Å². The zero-order valence-corrected chi connectivity index (χ0v) is 20.3. The summed E-state index contributed by atoms with van der Waals surface area (Å²) >= 11 is 0. The Morgan fingerprint density at radius 3 is 2.12 bits per heavy atom. The number of rotatable bonds is 11. The molecule has 0 bridgehead atoms. The molecule has 0 heterocycles. The molecular formula is C24H32FN3O4S. The number of hydrogen-bond acceptors (Lipinski definition) is 4. The zero-order valence-electron chi connectivity index (χ0n) is 19.5. The lowest BCUT2D eigenvalue weighted by atomic mass is 10.1. The normalized spacial score (nSPS) is 13.1. The van der Waals surface area contributed by atoms with Gasteiger partial charge in [-0.05, 0) is 49.6 Å². The van der Waals surface area contributed by atoms with Crippen LogP contribution in [0.15, 0.2) is 54.6 Å². The van der Waals surface area contributed by atoms with E-state index in [1.54, 1.807) is 49.4 Å². The van der Waals surface area contributed by atoms with Crippen molar-refractivity contribution < 1.29 is 22.4 Å². The van der Waals surface area contributed by atoms with Gasteiger partial charge in [-0.15, -0.1) is 0 Å². The first-order valence-corrected chi connectivity index (χ1v) is 12.8. The van der Waals surface area contributed by atoms with Crippen LogP contribution in [0.3, 0.4) is 0 Å². The Hall–Kier alpha value is -2.94. The minimum atomic E-state index is -3.76. The van der Waals surface area contributed by atoms with Gasteiger partial charge in [0.25, 0.3) is 0 Å². The number of sulfonamides is 1. The molecule has 0 aliphatic heterocycles. The van der Waals surface area contributed by atoms with E-state index < -0.39 is 34.3 Å². The molecule has 2 amide bonds. The van der Waals surface area contributed by atoms with E-state index in [1.807, 2.05) is 13.8 Å². The SMILES string of the molecule is CC[C@@H](C)NC(=O)[C@H](CC)N(Cc1ccc(F)cc1)C(=O)CN(c1ccccc1)S(C)(=O)=O. The molecule has 0 spiro atoms. The van der Waals surface area contributed by atoms with Crippen LogP contribution >= 0.6 is 0 Å². The second-order valence-electron chi connectivity index (χ2n) is 8.00. The molecule has 0 saturated carbocycles. The van der Waals surface area contributed by atoms with Gasteiger partial charge < -0.3 is 10.2 Å². The average molecular weight is 478 g/mol. The summed E-state index contributed by atoms with van der Waals surface area (Å²) < 4.78 is 39.4. The van der Waals surface area contributed by atoms with E-state index in [1.165, 1.54) is 17.0 Å². The fourth-order valence-electron chi connectivity index (χ4n) is 3.36. The van der Waals surface area contributed by atoms with Gasteiger partial charge in [-0.25, -0.2) is 12.8 Å². The van der Waals surface area contributed by atoms with Crippen LogP contribution in [0.25, 0.3) is 0 Å². The predicted molar refractivity (Wildman–Crippen MR) is 128 cm³/mol. The predicted octanol–water partition coefficient (Wildman–Crippen LogP) is 3.31. The van der Waals surface area contributed by atoms with Crippen LogP contribution in [-0.4, -0.2) is 50.0 Å². The highest BCUT2D eigenvalue weighted by Crippen LogP contribution is 2.19. The van der Waals surface area contributed by atoms with Crippen molar-refractivity contribution in [2.75, 3.05) is 17.1 Å². The van der Waals surface area contributed by atoms with Gasteiger partial charge in [0.05, 0.1) is 11.9 Å². The molecule has 0 aliphatic carbocycles. The fourth-order valence-corrected chi connectivity index (χ4v) is 4.20. The molecule has 9 heteroatoms. The van der Waals surface area contributed by atoms with Crippen molar-refractivity contribution in [3.63, 3.8) is 0 Å². The van der Waals surface area contributed by atoms with Crippen LogP contribution in [0.5, 0.6) is 0 Å². The molecule has 2 rings (SSSR count).